The molecule has 0 bridgehead atoms. The van der Waals surface area contributed by atoms with Gasteiger partial charge in [0.1, 0.15) is 0 Å². The Labute approximate surface area is 71.1 Å². The van der Waals surface area contributed by atoms with Gasteiger partial charge in [-0.25, -0.2) is 0 Å². The summed E-state index contributed by atoms with van der Waals surface area (Å²) in [4.78, 5) is 0. The third-order valence-corrected chi connectivity index (χ3v) is 1.64. The Kier molecular flexibility index (Phi) is 2.23. The van der Waals surface area contributed by atoms with Gasteiger partial charge in [0.05, 0.1) is 11.9 Å². The number of nitrogens with two attached hydrogens (primary N) is 1. The van der Waals surface area contributed by atoms with Crippen molar-refractivity contribution in [2.45, 2.75) is 0 Å². The Morgan fingerprint density at radius 3 is 2.42 bits per heavy atom. The molecule has 0 amide bonds. The standard InChI is InChI=1S/C7H9NO3S/c1-12(9,10)11-7-5-3-2-4-6(7)8/h2-5H,8H2,1H3. The molecule has 4 nitrogen and oxygen atoms in total. The zero-order chi connectivity index (χ0) is 9.19. The van der Waals surface area contributed by atoms with Crippen LogP contribution in [0.3, 0.4) is 0 Å². The van der Waals surface area contributed by atoms with Crippen molar-refractivity contribution in [2.24, 2.45) is 0 Å². The quantitative estimate of drug-likeness (QED) is 0.544. The summed E-state index contributed by atoms with van der Waals surface area (Å²) in [6, 6.07) is 6.41. The predicted octanol–water partition coefficient (Wildman–Crippen LogP) is 0.607. The fourth-order valence-corrected chi connectivity index (χ4v) is 1.20. The van der Waals surface area contributed by atoms with E-state index in [9.17, 15) is 8.42 Å². The highest BCUT2D eigenvalue weighted by Crippen LogP contribution is 2.20. The van der Waals surface area contributed by atoms with Crippen molar-refractivity contribution in [3.63, 3.8) is 0 Å². The molecule has 0 saturated carbocycles. The molecule has 2 N–H and O–H groups in total. The van der Waals surface area contributed by atoms with E-state index in [1.807, 2.05) is 0 Å². The summed E-state index contributed by atoms with van der Waals surface area (Å²) in [6.45, 7) is 0. The van der Waals surface area contributed by atoms with Gasteiger partial charge in [0.15, 0.2) is 5.75 Å². The lowest BCUT2D eigenvalue weighted by Crippen LogP contribution is -2.07. The van der Waals surface area contributed by atoms with E-state index >= 15 is 0 Å². The van der Waals surface area contributed by atoms with Crippen LogP contribution in [0.4, 0.5) is 5.69 Å². The summed E-state index contributed by atoms with van der Waals surface area (Å²) in [5.41, 5.74) is 5.75. The first-order valence-corrected chi connectivity index (χ1v) is 5.04. The van der Waals surface area contributed by atoms with Gasteiger partial charge in [-0.05, 0) is 12.1 Å². The topological polar surface area (TPSA) is 69.4 Å². The zero-order valence-corrected chi connectivity index (χ0v) is 7.34. The molecule has 0 fully saturated rings. The van der Waals surface area contributed by atoms with Gasteiger partial charge >= 0.3 is 10.1 Å². The van der Waals surface area contributed by atoms with Crippen LogP contribution in [0.5, 0.6) is 5.75 Å². The number of rotatable bonds is 2. The maximum atomic E-state index is 10.7. The van der Waals surface area contributed by atoms with Crippen LogP contribution in [0, 0.1) is 0 Å². The largest absolute Gasteiger partial charge is 0.396 e. The Morgan fingerprint density at radius 1 is 1.33 bits per heavy atom. The summed E-state index contributed by atoms with van der Waals surface area (Å²) >= 11 is 0. The molecular weight excluding hydrogens is 178 g/mol. The lowest BCUT2D eigenvalue weighted by atomic mass is 10.3. The summed E-state index contributed by atoms with van der Waals surface area (Å²) < 4.78 is 25.9. The van der Waals surface area contributed by atoms with E-state index < -0.39 is 10.1 Å². The Morgan fingerprint density at radius 2 is 1.92 bits per heavy atom. The lowest BCUT2D eigenvalue weighted by Gasteiger charge is -2.04. The van der Waals surface area contributed by atoms with Crippen molar-refractivity contribution < 1.29 is 12.6 Å². The molecule has 0 aliphatic rings. The van der Waals surface area contributed by atoms with E-state index in [-0.39, 0.29) is 5.75 Å². The van der Waals surface area contributed by atoms with E-state index in [4.69, 9.17) is 5.73 Å². The van der Waals surface area contributed by atoms with Gasteiger partial charge in [0, 0.05) is 0 Å². The molecule has 0 aliphatic heterocycles. The third kappa shape index (κ3) is 2.43. The molecule has 5 heteroatoms. The number of hydrogen-bond donors (Lipinski definition) is 1. The number of benzene rings is 1. The van der Waals surface area contributed by atoms with E-state index in [1.54, 1.807) is 18.2 Å². The van der Waals surface area contributed by atoms with E-state index in [2.05, 4.69) is 4.18 Å². The minimum atomic E-state index is -3.48. The third-order valence-electron chi connectivity index (χ3n) is 1.16. The second-order valence-corrected chi connectivity index (χ2v) is 3.90. The summed E-state index contributed by atoms with van der Waals surface area (Å²) in [5.74, 6) is 0.167. The number of hydrogen-bond acceptors (Lipinski definition) is 4. The molecule has 1 rings (SSSR count). The van der Waals surface area contributed by atoms with Crippen LogP contribution in [0.15, 0.2) is 24.3 Å². The van der Waals surface area contributed by atoms with E-state index in [1.165, 1.54) is 6.07 Å². The highest BCUT2D eigenvalue weighted by molar-refractivity contribution is 7.86. The van der Waals surface area contributed by atoms with Gasteiger partial charge in [0.2, 0.25) is 0 Å². The van der Waals surface area contributed by atoms with Crippen LogP contribution in [-0.2, 0) is 10.1 Å². The summed E-state index contributed by atoms with van der Waals surface area (Å²) in [5, 5.41) is 0. The van der Waals surface area contributed by atoms with Gasteiger partial charge < -0.3 is 9.92 Å². The molecule has 0 spiro atoms. The molecule has 0 atom stereocenters. The van der Waals surface area contributed by atoms with Gasteiger partial charge in [-0.15, -0.1) is 0 Å². The second-order valence-electron chi connectivity index (χ2n) is 2.33. The van der Waals surface area contributed by atoms with Crippen LogP contribution >= 0.6 is 0 Å². The minimum Gasteiger partial charge on any atom is -0.396 e. The minimum absolute atomic E-state index is 0.167. The summed E-state index contributed by atoms with van der Waals surface area (Å²) in [7, 11) is -3.48. The second kappa shape index (κ2) is 3.02. The fourth-order valence-electron chi connectivity index (χ4n) is 0.720. The zero-order valence-electron chi connectivity index (χ0n) is 6.52. The van der Waals surface area contributed by atoms with Crippen molar-refractivity contribution in [1.29, 1.82) is 0 Å². The Balaban J connectivity index is 2.98. The Hall–Kier alpha value is -1.23. The van der Waals surface area contributed by atoms with E-state index in [0.717, 1.165) is 6.26 Å². The molecule has 0 aliphatic carbocycles. The van der Waals surface area contributed by atoms with Crippen LogP contribution in [0.2, 0.25) is 0 Å². The number of anilines is 1. The fraction of sp³-hybridized carbons (Fsp3) is 0.143. The van der Waals surface area contributed by atoms with Crippen molar-refractivity contribution in [3.8, 4) is 5.75 Å². The molecule has 0 aromatic heterocycles. The molecule has 1 aromatic carbocycles. The number of para-hydroxylation sites is 2. The van der Waals surface area contributed by atoms with Crippen LogP contribution in [-0.4, -0.2) is 14.7 Å². The van der Waals surface area contributed by atoms with Crippen molar-refractivity contribution in [2.75, 3.05) is 12.0 Å². The Bertz CT molecular complexity index is 372. The highest BCUT2D eigenvalue weighted by atomic mass is 32.2. The molecule has 12 heavy (non-hydrogen) atoms. The maximum Gasteiger partial charge on any atom is 0.306 e. The van der Waals surface area contributed by atoms with Gasteiger partial charge in [-0.3, -0.25) is 0 Å². The molecule has 0 heterocycles. The first kappa shape index (κ1) is 8.86. The first-order chi connectivity index (χ1) is 5.49. The highest BCUT2D eigenvalue weighted by Gasteiger charge is 2.05. The van der Waals surface area contributed by atoms with Crippen LogP contribution < -0.4 is 9.92 Å². The lowest BCUT2D eigenvalue weighted by molar-refractivity contribution is 0.494. The van der Waals surface area contributed by atoms with Crippen molar-refractivity contribution >= 4 is 15.8 Å². The van der Waals surface area contributed by atoms with E-state index in [0.29, 0.717) is 5.69 Å². The average molecular weight is 187 g/mol. The van der Waals surface area contributed by atoms with Crippen LogP contribution in [0.25, 0.3) is 0 Å². The monoisotopic (exact) mass is 187 g/mol. The van der Waals surface area contributed by atoms with Gasteiger partial charge in [-0.1, -0.05) is 12.1 Å². The summed E-state index contributed by atoms with van der Waals surface area (Å²) in [6.07, 6.45) is 0.972. The number of nitrogen functional groups attached to an aromatic ring is 1. The molecule has 0 radical (unpaired) electrons. The molecule has 66 valence electrons. The predicted molar refractivity (Wildman–Crippen MR) is 46.3 cm³/mol. The van der Waals surface area contributed by atoms with Crippen LogP contribution in [0.1, 0.15) is 0 Å². The van der Waals surface area contributed by atoms with Crippen molar-refractivity contribution in [1.82, 2.24) is 0 Å². The van der Waals surface area contributed by atoms with Gasteiger partial charge in [-0.2, -0.15) is 8.42 Å². The normalized spacial score (nSPS) is 11.1. The van der Waals surface area contributed by atoms with Crippen molar-refractivity contribution in [3.05, 3.63) is 24.3 Å². The molecule has 0 unspecified atom stereocenters. The molecule has 1 aromatic rings. The molecule has 0 saturated heterocycles. The maximum absolute atomic E-state index is 10.7. The molecular formula is C7H9NO3S. The average Bonchev–Trinajstić information content (AvgIpc) is 1.91. The SMILES string of the molecule is CS(=O)(=O)Oc1ccccc1N. The van der Waals surface area contributed by atoms with Gasteiger partial charge in [0.25, 0.3) is 0 Å². The smallest absolute Gasteiger partial charge is 0.306 e. The first-order valence-electron chi connectivity index (χ1n) is 3.23.